The third-order valence-electron chi connectivity index (χ3n) is 8.61. The summed E-state index contributed by atoms with van der Waals surface area (Å²) in [4.78, 5) is 9.18. The molecule has 0 spiro atoms. The Morgan fingerprint density at radius 1 is 0.804 bits per heavy atom. The summed E-state index contributed by atoms with van der Waals surface area (Å²) in [5.41, 5.74) is 7.91. The normalized spacial score (nSPS) is 14.6. The van der Waals surface area contributed by atoms with E-state index < -0.39 is 28.2 Å². The summed E-state index contributed by atoms with van der Waals surface area (Å²) in [5, 5.41) is 3.40. The molecule has 0 bridgehead atoms. The van der Waals surface area contributed by atoms with Crippen LogP contribution in [0.2, 0.25) is 19.6 Å². The van der Waals surface area contributed by atoms with E-state index in [9.17, 15) is 0 Å². The molecule has 3 heterocycles. The Morgan fingerprint density at radius 3 is 2.22 bits per heavy atom. The fourth-order valence-electron chi connectivity index (χ4n) is 5.99. The Balaban J connectivity index is 0.000000226. The van der Waals surface area contributed by atoms with Crippen LogP contribution in [-0.4, -0.2) is 18.0 Å². The van der Waals surface area contributed by atoms with Crippen molar-refractivity contribution < 1.29 is 31.1 Å². The van der Waals surface area contributed by atoms with Crippen LogP contribution >= 0.6 is 11.3 Å². The van der Waals surface area contributed by atoms with Gasteiger partial charge in [-0.2, -0.15) is 11.3 Å². The van der Waals surface area contributed by atoms with Crippen molar-refractivity contribution >= 4 is 44.8 Å². The van der Waals surface area contributed by atoms with Gasteiger partial charge < -0.3 is 9.97 Å². The number of aryl methyl sites for hydroxylation is 2. The zero-order valence-electron chi connectivity index (χ0n) is 38.1. The first-order valence-corrected chi connectivity index (χ1v) is 21.4. The van der Waals surface area contributed by atoms with Gasteiger partial charge in [-0.15, -0.1) is 59.2 Å². The number of pyridine rings is 2. The minimum atomic E-state index is -2.16. The van der Waals surface area contributed by atoms with Crippen LogP contribution < -0.4 is 5.19 Å². The maximum Gasteiger partial charge on any atom is 0.0798 e. The van der Waals surface area contributed by atoms with Crippen LogP contribution in [0.25, 0.3) is 53.8 Å². The smallest absolute Gasteiger partial charge is 0.0798 e. The van der Waals surface area contributed by atoms with Gasteiger partial charge in [-0.25, -0.2) is 0 Å². The first-order chi connectivity index (χ1) is 27.1. The maximum atomic E-state index is 8.59. The molecule has 0 aliphatic carbocycles. The largest absolute Gasteiger partial charge is 0.305 e. The van der Waals surface area contributed by atoms with Gasteiger partial charge in [-0.05, 0) is 68.9 Å². The Morgan fingerprint density at radius 2 is 1.55 bits per heavy atom. The van der Waals surface area contributed by atoms with E-state index in [0.717, 1.165) is 27.6 Å². The first kappa shape index (κ1) is 28.8. The van der Waals surface area contributed by atoms with Gasteiger partial charge in [0.05, 0.1) is 8.07 Å². The second kappa shape index (κ2) is 16.3. The molecule has 0 unspecified atom stereocenters. The molecule has 0 saturated carbocycles. The quantitative estimate of drug-likeness (QED) is 0.118. The second-order valence-electron chi connectivity index (χ2n) is 14.2. The number of fused-ring (bicyclic) bond motifs is 3. The molecule has 4 aromatic carbocycles. The van der Waals surface area contributed by atoms with Crippen molar-refractivity contribution in [1.29, 1.82) is 0 Å². The second-order valence-corrected chi connectivity index (χ2v) is 20.3. The summed E-state index contributed by atoms with van der Waals surface area (Å²) in [6.45, 7) is 10.4. The van der Waals surface area contributed by atoms with Gasteiger partial charge in [0.1, 0.15) is 0 Å². The predicted octanol–water partition coefficient (Wildman–Crippen LogP) is 12.6. The van der Waals surface area contributed by atoms with E-state index in [1.54, 1.807) is 41.8 Å². The molecule has 5 heteroatoms. The van der Waals surface area contributed by atoms with Gasteiger partial charge in [0.2, 0.25) is 0 Å². The summed E-state index contributed by atoms with van der Waals surface area (Å²) in [6, 6.07) is 34.8. The molecule has 7 aromatic rings. The van der Waals surface area contributed by atoms with Gasteiger partial charge in [-0.3, -0.25) is 0 Å². The Kier molecular flexibility index (Phi) is 9.21. The standard InChI is InChI=1S/C27H22NS.C19H26NSi.Ir/c1-17(2)20-14-15-28-25(16-20)24-9-5-8-23-22-7-4-6-21(26(22)29-27(23)24)19-12-10-18(3)11-13-19;1-14(2)11-17-12-18(16-9-7-15(3)8-10-16)20-13-19(17)21(4,5)6;/h4-8,10-17H,1-3H3;7-9,12-14H,11H2,1-6H3;/q2*-1;/i3D3;3D3,11D2;. The molecule has 0 aliphatic heterocycles. The molecule has 0 N–H and O–H groups in total. The SMILES string of the molecule is [2H]C([2H])([2H])c1c[c-]c(-c2cc(C([2H])([2H])C(C)C)c([Si](C)(C)C)cn2)cc1.[2H]C([2H])([2H])c1ccc(-c2cccc3c2sc2c(-c4cc(C(C)C)ccn4)[c-]ccc23)cc1.[Ir]. The van der Waals surface area contributed by atoms with E-state index in [-0.39, 0.29) is 31.6 Å². The third-order valence-corrected chi connectivity index (χ3v) is 11.9. The third kappa shape index (κ3) is 8.84. The Labute approximate surface area is 335 Å². The number of hydrogen-bond acceptors (Lipinski definition) is 3. The van der Waals surface area contributed by atoms with E-state index in [1.807, 2.05) is 44.3 Å². The Hall–Kier alpha value is -3.73. The first-order valence-electron chi connectivity index (χ1n) is 21.0. The molecular formula is C46H48IrN2SSi-2. The summed E-state index contributed by atoms with van der Waals surface area (Å²) in [5.74, 6) is 0.262. The summed E-state index contributed by atoms with van der Waals surface area (Å²) < 4.78 is 64.8. The molecule has 7 rings (SSSR count). The summed E-state index contributed by atoms with van der Waals surface area (Å²) in [7, 11) is -1.78. The molecule has 0 aliphatic rings. The van der Waals surface area contributed by atoms with E-state index in [1.165, 1.54) is 31.8 Å². The van der Waals surface area contributed by atoms with Crippen LogP contribution in [0.5, 0.6) is 0 Å². The zero-order valence-corrected chi connectivity index (χ0v) is 34.3. The van der Waals surface area contributed by atoms with Crippen LogP contribution in [0.1, 0.15) is 66.8 Å². The molecule has 0 saturated heterocycles. The van der Waals surface area contributed by atoms with Crippen molar-refractivity contribution in [2.75, 3.05) is 0 Å². The molecule has 0 amide bonds. The van der Waals surface area contributed by atoms with Crippen molar-refractivity contribution in [1.82, 2.24) is 9.97 Å². The van der Waals surface area contributed by atoms with Crippen LogP contribution in [-0.2, 0) is 26.5 Å². The summed E-state index contributed by atoms with van der Waals surface area (Å²) >= 11 is 1.75. The molecule has 2 nitrogen and oxygen atoms in total. The van der Waals surface area contributed by atoms with Gasteiger partial charge in [0, 0.05) is 48.2 Å². The van der Waals surface area contributed by atoms with Crippen molar-refractivity contribution in [2.24, 2.45) is 5.92 Å². The molecule has 3 aromatic heterocycles. The average Bonchev–Trinajstić information content (AvgIpc) is 3.56. The van der Waals surface area contributed by atoms with Crippen LogP contribution in [0.4, 0.5) is 0 Å². The van der Waals surface area contributed by atoms with Crippen molar-refractivity contribution in [3.63, 3.8) is 0 Å². The maximum absolute atomic E-state index is 8.59. The zero-order chi connectivity index (χ0) is 42.4. The van der Waals surface area contributed by atoms with Crippen LogP contribution in [0.15, 0.2) is 103 Å². The number of benzene rings is 4. The van der Waals surface area contributed by atoms with Gasteiger partial charge in [0.25, 0.3) is 0 Å². The summed E-state index contributed by atoms with van der Waals surface area (Å²) in [6.07, 6.45) is 2.21. The van der Waals surface area contributed by atoms with E-state index in [2.05, 4.69) is 92.0 Å². The number of hydrogen-bond donors (Lipinski definition) is 0. The fraction of sp³-hybridized carbons (Fsp3) is 0.261. The molecule has 0 atom stereocenters. The van der Waals surface area contributed by atoms with Crippen molar-refractivity contribution in [3.8, 4) is 33.6 Å². The minimum absolute atomic E-state index is 0. The predicted molar refractivity (Wildman–Crippen MR) is 220 cm³/mol. The monoisotopic (exact) mass is 889 g/mol. The average molecular weight is 889 g/mol. The molecule has 51 heavy (non-hydrogen) atoms. The van der Waals surface area contributed by atoms with Crippen molar-refractivity contribution in [3.05, 3.63) is 138 Å². The molecular weight excluding hydrogens is 833 g/mol. The topological polar surface area (TPSA) is 25.8 Å². The number of nitrogens with zero attached hydrogens (tertiary/aromatic N) is 2. The van der Waals surface area contributed by atoms with Gasteiger partial charge in [-0.1, -0.05) is 131 Å². The van der Waals surface area contributed by atoms with Gasteiger partial charge in [0.15, 0.2) is 0 Å². The van der Waals surface area contributed by atoms with Gasteiger partial charge >= 0.3 is 0 Å². The molecule has 0 fully saturated rings. The molecule has 1 radical (unpaired) electrons. The Bertz CT molecular complexity index is 2560. The van der Waals surface area contributed by atoms with E-state index in [0.29, 0.717) is 28.3 Å². The van der Waals surface area contributed by atoms with Crippen molar-refractivity contribution in [2.45, 2.75) is 73.3 Å². The minimum Gasteiger partial charge on any atom is -0.305 e. The van der Waals surface area contributed by atoms with Crippen LogP contribution in [0.3, 0.4) is 0 Å². The van der Waals surface area contributed by atoms with Crippen LogP contribution in [0, 0.1) is 31.8 Å². The van der Waals surface area contributed by atoms with E-state index >= 15 is 0 Å². The van der Waals surface area contributed by atoms with E-state index in [4.69, 9.17) is 11.0 Å². The number of thiophene rings is 1. The number of aromatic nitrogens is 2. The number of rotatable bonds is 7. The molecule has 263 valence electrons. The fourth-order valence-corrected chi connectivity index (χ4v) is 8.73.